The lowest BCUT2D eigenvalue weighted by atomic mass is 9.97. The van der Waals surface area contributed by atoms with Crippen molar-refractivity contribution in [2.45, 2.75) is 26.2 Å². The number of piperidine rings is 1. The van der Waals surface area contributed by atoms with Crippen LogP contribution in [0.3, 0.4) is 0 Å². The molecule has 1 aliphatic heterocycles. The second-order valence-electron chi connectivity index (χ2n) is 6.93. The van der Waals surface area contributed by atoms with E-state index < -0.39 is 0 Å². The summed E-state index contributed by atoms with van der Waals surface area (Å²) in [4.78, 5) is 14.5. The van der Waals surface area contributed by atoms with E-state index in [0.29, 0.717) is 12.2 Å². The fourth-order valence-electron chi connectivity index (χ4n) is 3.51. The van der Waals surface area contributed by atoms with Crippen molar-refractivity contribution in [1.29, 1.82) is 0 Å². The van der Waals surface area contributed by atoms with Crippen LogP contribution in [0.5, 0.6) is 0 Å². The molecule has 7 heteroatoms. The van der Waals surface area contributed by atoms with Gasteiger partial charge in [-0.2, -0.15) is 4.52 Å². The van der Waals surface area contributed by atoms with Crippen molar-refractivity contribution in [3.05, 3.63) is 42.5 Å². The van der Waals surface area contributed by atoms with Crippen LogP contribution in [0.25, 0.3) is 17.0 Å². The summed E-state index contributed by atoms with van der Waals surface area (Å²) >= 11 is 0. The van der Waals surface area contributed by atoms with E-state index in [9.17, 15) is 4.79 Å². The maximum Gasteiger partial charge on any atom is 0.224 e. The van der Waals surface area contributed by atoms with Crippen LogP contribution in [0.15, 0.2) is 42.5 Å². The van der Waals surface area contributed by atoms with Crippen molar-refractivity contribution < 1.29 is 4.79 Å². The number of nitrogens with one attached hydrogen (secondary N) is 1. The average molecular weight is 364 g/mol. The van der Waals surface area contributed by atoms with Crippen LogP contribution in [0.2, 0.25) is 0 Å². The first-order chi connectivity index (χ1) is 13.3. The summed E-state index contributed by atoms with van der Waals surface area (Å²) in [6, 6.07) is 13.8. The molecular weight excluding hydrogens is 340 g/mol. The van der Waals surface area contributed by atoms with Gasteiger partial charge < -0.3 is 10.2 Å². The number of carbonyl (C=O) groups excluding carboxylic acids is 1. The van der Waals surface area contributed by atoms with E-state index in [0.717, 1.165) is 49.6 Å². The van der Waals surface area contributed by atoms with Crippen LogP contribution in [0.1, 0.15) is 26.2 Å². The predicted octanol–water partition coefficient (Wildman–Crippen LogP) is 2.53. The zero-order valence-corrected chi connectivity index (χ0v) is 15.5. The average Bonchev–Trinajstić information content (AvgIpc) is 3.16. The van der Waals surface area contributed by atoms with Crippen molar-refractivity contribution in [3.63, 3.8) is 0 Å². The molecule has 1 aromatic carbocycles. The van der Waals surface area contributed by atoms with E-state index >= 15 is 0 Å². The molecule has 140 valence electrons. The summed E-state index contributed by atoms with van der Waals surface area (Å²) in [6.07, 6.45) is 2.87. The van der Waals surface area contributed by atoms with E-state index in [1.165, 1.54) is 0 Å². The number of anilines is 1. The Morgan fingerprint density at radius 2 is 2.04 bits per heavy atom. The molecule has 7 nitrogen and oxygen atoms in total. The van der Waals surface area contributed by atoms with Crippen LogP contribution in [0.4, 0.5) is 5.82 Å². The predicted molar refractivity (Wildman–Crippen MR) is 104 cm³/mol. The van der Waals surface area contributed by atoms with Gasteiger partial charge in [0.1, 0.15) is 5.82 Å². The highest BCUT2D eigenvalue weighted by atomic mass is 16.1. The summed E-state index contributed by atoms with van der Waals surface area (Å²) in [5.41, 5.74) is 1.69. The number of hydrogen-bond donors (Lipinski definition) is 1. The van der Waals surface area contributed by atoms with Crippen molar-refractivity contribution in [3.8, 4) is 11.4 Å². The number of rotatable bonds is 5. The van der Waals surface area contributed by atoms with Gasteiger partial charge in [-0.05, 0) is 31.4 Å². The summed E-state index contributed by atoms with van der Waals surface area (Å²) in [5, 5.41) is 16.3. The van der Waals surface area contributed by atoms with Crippen LogP contribution in [-0.2, 0) is 4.79 Å². The van der Waals surface area contributed by atoms with Crippen molar-refractivity contribution in [2.24, 2.45) is 5.92 Å². The summed E-state index contributed by atoms with van der Waals surface area (Å²) in [7, 11) is 0. The molecule has 1 atom stereocenters. The minimum absolute atomic E-state index is 0.0114. The molecule has 2 aromatic heterocycles. The molecule has 1 aliphatic rings. The van der Waals surface area contributed by atoms with Gasteiger partial charge in [0.2, 0.25) is 5.91 Å². The quantitative estimate of drug-likeness (QED) is 0.753. The summed E-state index contributed by atoms with van der Waals surface area (Å²) in [5.74, 6) is 1.74. The number of aromatic nitrogens is 4. The van der Waals surface area contributed by atoms with E-state index in [2.05, 4.69) is 27.3 Å². The number of benzene rings is 1. The first-order valence-electron chi connectivity index (χ1n) is 9.57. The lowest BCUT2D eigenvalue weighted by Gasteiger charge is -2.32. The van der Waals surface area contributed by atoms with Gasteiger partial charge in [-0.15, -0.1) is 15.3 Å². The molecule has 4 rings (SSSR count). The Labute approximate surface area is 158 Å². The largest absolute Gasteiger partial charge is 0.356 e. The van der Waals surface area contributed by atoms with Crippen molar-refractivity contribution in [2.75, 3.05) is 24.5 Å². The molecule has 0 aliphatic carbocycles. The summed E-state index contributed by atoms with van der Waals surface area (Å²) < 4.78 is 1.78. The first-order valence-corrected chi connectivity index (χ1v) is 9.57. The molecule has 0 bridgehead atoms. The molecule has 3 heterocycles. The third-order valence-electron chi connectivity index (χ3n) is 4.95. The van der Waals surface area contributed by atoms with E-state index in [4.69, 9.17) is 5.10 Å². The van der Waals surface area contributed by atoms with Crippen LogP contribution >= 0.6 is 0 Å². The molecule has 0 radical (unpaired) electrons. The topological polar surface area (TPSA) is 75.4 Å². The third kappa shape index (κ3) is 3.63. The minimum Gasteiger partial charge on any atom is -0.356 e. The highest BCUT2D eigenvalue weighted by Crippen LogP contribution is 2.23. The molecule has 1 amide bonds. The monoisotopic (exact) mass is 364 g/mol. The maximum atomic E-state index is 12.4. The van der Waals surface area contributed by atoms with E-state index in [-0.39, 0.29) is 11.8 Å². The standard InChI is InChI=1S/C20H24N6O/c1-2-12-21-20(27)16-9-6-13-25(14-16)18-11-10-17-22-23-19(26(17)24-18)15-7-4-3-5-8-15/h3-5,7-8,10-11,16H,2,6,9,12-14H2,1H3,(H,21,27). The van der Waals surface area contributed by atoms with E-state index in [1.54, 1.807) is 4.52 Å². The smallest absolute Gasteiger partial charge is 0.224 e. The van der Waals surface area contributed by atoms with Gasteiger partial charge in [0, 0.05) is 25.2 Å². The second-order valence-corrected chi connectivity index (χ2v) is 6.93. The Morgan fingerprint density at radius 3 is 2.85 bits per heavy atom. The normalized spacial score (nSPS) is 17.2. The molecule has 0 saturated carbocycles. The lowest BCUT2D eigenvalue weighted by Crippen LogP contribution is -2.43. The fraction of sp³-hybridized carbons (Fsp3) is 0.400. The Bertz CT molecular complexity index is 923. The van der Waals surface area contributed by atoms with Crippen LogP contribution in [0, 0.1) is 5.92 Å². The molecule has 1 unspecified atom stereocenters. The molecule has 0 spiro atoms. The number of nitrogens with zero attached hydrogens (tertiary/aromatic N) is 5. The first kappa shape index (κ1) is 17.5. The number of amides is 1. The Hall–Kier alpha value is -2.96. The van der Waals surface area contributed by atoms with Gasteiger partial charge in [0.15, 0.2) is 11.5 Å². The molecule has 1 N–H and O–H groups in total. The van der Waals surface area contributed by atoms with Gasteiger partial charge in [0.05, 0.1) is 5.92 Å². The van der Waals surface area contributed by atoms with Gasteiger partial charge in [-0.25, -0.2) is 0 Å². The zero-order chi connectivity index (χ0) is 18.6. The second kappa shape index (κ2) is 7.73. The number of fused-ring (bicyclic) bond motifs is 1. The van der Waals surface area contributed by atoms with Crippen molar-refractivity contribution in [1.82, 2.24) is 25.1 Å². The van der Waals surface area contributed by atoms with Crippen LogP contribution < -0.4 is 10.2 Å². The Kier molecular flexibility index (Phi) is 5.00. The molecule has 1 fully saturated rings. The molecule has 27 heavy (non-hydrogen) atoms. The highest BCUT2D eigenvalue weighted by molar-refractivity contribution is 5.79. The lowest BCUT2D eigenvalue weighted by molar-refractivity contribution is -0.125. The number of carbonyl (C=O) groups is 1. The Balaban J connectivity index is 1.59. The SMILES string of the molecule is CCCNC(=O)C1CCCN(c2ccc3nnc(-c4ccccc4)n3n2)C1. The highest BCUT2D eigenvalue weighted by Gasteiger charge is 2.26. The zero-order valence-electron chi connectivity index (χ0n) is 15.5. The Morgan fingerprint density at radius 1 is 1.19 bits per heavy atom. The fourth-order valence-corrected chi connectivity index (χ4v) is 3.51. The van der Waals surface area contributed by atoms with Gasteiger partial charge in [-0.3, -0.25) is 4.79 Å². The summed E-state index contributed by atoms with van der Waals surface area (Å²) in [6.45, 7) is 4.40. The molecular formula is C20H24N6O. The molecule has 3 aromatic rings. The minimum atomic E-state index is 0.0114. The van der Waals surface area contributed by atoms with Gasteiger partial charge in [0.25, 0.3) is 0 Å². The number of hydrogen-bond acceptors (Lipinski definition) is 5. The van der Waals surface area contributed by atoms with Gasteiger partial charge >= 0.3 is 0 Å². The molecule has 1 saturated heterocycles. The van der Waals surface area contributed by atoms with Gasteiger partial charge in [-0.1, -0.05) is 37.3 Å². The van der Waals surface area contributed by atoms with Crippen molar-refractivity contribution >= 4 is 17.4 Å². The maximum absolute atomic E-state index is 12.4. The third-order valence-corrected chi connectivity index (χ3v) is 4.95. The van der Waals surface area contributed by atoms with E-state index in [1.807, 2.05) is 42.5 Å². The van der Waals surface area contributed by atoms with Crippen LogP contribution in [-0.4, -0.2) is 45.4 Å².